The largest absolute Gasteiger partial charge is 0.432 e. The molecule has 7 fully saturated rings. The fourth-order valence-corrected chi connectivity index (χ4v) is 15.4. The smallest absolute Gasteiger partial charge is 0.315 e. The molecule has 3 aliphatic heterocycles. The van der Waals surface area contributed by atoms with Crippen molar-refractivity contribution >= 4 is 5.97 Å². The standard InChI is InChI=1S/C48H78O20/c1-19-10-11-48(13-12-46(6)22(28(48)20(19)2)8-9-27-44(4)14-24(52)39(61)45(5,18-50)38(44)23(51)15-47(27,46)7)43(62)68-42-35(59)32(56)30(54)26(66-42)17-63-40-36(60)33(57)37(25(16-49)65-40)67-41-34(58)31(55)29(53)21(3)64-41/h8,19-21,23-42,49-61H,9-18H2,1-7H3. The van der Waals surface area contributed by atoms with Gasteiger partial charge in [-0.2, -0.15) is 0 Å². The van der Waals surface area contributed by atoms with Gasteiger partial charge in [-0.05, 0) is 91.8 Å². The summed E-state index contributed by atoms with van der Waals surface area (Å²) in [6, 6.07) is 0. The fraction of sp³-hybridized carbons (Fsp3) is 0.938. The van der Waals surface area contributed by atoms with Crippen LogP contribution in [0.2, 0.25) is 0 Å². The van der Waals surface area contributed by atoms with Crippen LogP contribution in [0.1, 0.15) is 93.4 Å². The molecule has 5 aliphatic carbocycles. The quantitative estimate of drug-likeness (QED) is 0.0873. The average molecular weight is 975 g/mol. The molecule has 20 nitrogen and oxygen atoms in total. The number of fused-ring (bicyclic) bond motifs is 7. The molecule has 0 amide bonds. The molecule has 3 saturated heterocycles. The summed E-state index contributed by atoms with van der Waals surface area (Å²) < 4.78 is 34.6. The maximum Gasteiger partial charge on any atom is 0.315 e. The van der Waals surface area contributed by atoms with Crippen LogP contribution in [0.4, 0.5) is 0 Å². The lowest BCUT2D eigenvalue weighted by atomic mass is 9.32. The lowest BCUT2D eigenvalue weighted by Crippen LogP contribution is -2.71. The first-order chi connectivity index (χ1) is 31.8. The van der Waals surface area contributed by atoms with Gasteiger partial charge in [0.05, 0.1) is 49.7 Å². The molecule has 20 heteroatoms. The zero-order valence-corrected chi connectivity index (χ0v) is 40.1. The van der Waals surface area contributed by atoms with Crippen molar-refractivity contribution in [3.63, 3.8) is 0 Å². The van der Waals surface area contributed by atoms with Crippen LogP contribution in [-0.4, -0.2) is 203 Å². The summed E-state index contributed by atoms with van der Waals surface area (Å²) in [6.45, 7) is 12.1. The minimum Gasteiger partial charge on any atom is -0.432 e. The van der Waals surface area contributed by atoms with E-state index in [1.54, 1.807) is 6.92 Å². The van der Waals surface area contributed by atoms with Crippen LogP contribution in [0.25, 0.3) is 0 Å². The normalized spacial score (nSPS) is 57.1. The highest BCUT2D eigenvalue weighted by Gasteiger charge is 2.73. The Morgan fingerprint density at radius 3 is 2.00 bits per heavy atom. The molecule has 0 radical (unpaired) electrons. The first kappa shape index (κ1) is 52.8. The second kappa shape index (κ2) is 18.8. The second-order valence-corrected chi connectivity index (χ2v) is 23.1. The van der Waals surface area contributed by atoms with Crippen LogP contribution in [0.5, 0.6) is 0 Å². The van der Waals surface area contributed by atoms with E-state index in [0.29, 0.717) is 38.5 Å². The van der Waals surface area contributed by atoms with E-state index in [-0.39, 0.29) is 30.1 Å². The van der Waals surface area contributed by atoms with Crippen LogP contribution >= 0.6 is 0 Å². The fourth-order valence-electron chi connectivity index (χ4n) is 15.4. The van der Waals surface area contributed by atoms with Crippen molar-refractivity contribution in [2.75, 3.05) is 19.8 Å². The van der Waals surface area contributed by atoms with Gasteiger partial charge in [-0.15, -0.1) is 0 Å². The third-order valence-corrected chi connectivity index (χ3v) is 19.6. The number of allylic oxidation sites excluding steroid dienone is 2. The highest BCUT2D eigenvalue weighted by atomic mass is 16.8. The molecular formula is C48H78O20. The Morgan fingerprint density at radius 1 is 0.706 bits per heavy atom. The van der Waals surface area contributed by atoms with Gasteiger partial charge in [0.1, 0.15) is 67.1 Å². The number of hydrogen-bond donors (Lipinski definition) is 13. The molecule has 0 aromatic carbocycles. The van der Waals surface area contributed by atoms with Crippen LogP contribution < -0.4 is 0 Å². The van der Waals surface area contributed by atoms with Crippen molar-refractivity contribution in [3.05, 3.63) is 11.6 Å². The van der Waals surface area contributed by atoms with Gasteiger partial charge in [0.15, 0.2) is 12.6 Å². The topological polar surface area (TPSA) is 335 Å². The summed E-state index contributed by atoms with van der Waals surface area (Å²) in [5.74, 6) is -1.31. The van der Waals surface area contributed by atoms with E-state index < -0.39 is 169 Å². The number of aliphatic hydroxyl groups is 13. The van der Waals surface area contributed by atoms with E-state index in [2.05, 4.69) is 40.7 Å². The molecule has 4 saturated carbocycles. The van der Waals surface area contributed by atoms with E-state index in [1.165, 1.54) is 6.92 Å². The van der Waals surface area contributed by atoms with Crippen molar-refractivity contribution in [1.29, 1.82) is 0 Å². The predicted molar refractivity (Wildman–Crippen MR) is 233 cm³/mol. The van der Waals surface area contributed by atoms with Crippen LogP contribution in [0.15, 0.2) is 11.6 Å². The zero-order chi connectivity index (χ0) is 50.0. The van der Waals surface area contributed by atoms with E-state index in [4.69, 9.17) is 28.4 Å². The third-order valence-electron chi connectivity index (χ3n) is 19.6. The monoisotopic (exact) mass is 975 g/mol. The number of carbonyl (C=O) groups excluding carboxylic acids is 1. The van der Waals surface area contributed by atoms with Crippen LogP contribution in [0.3, 0.4) is 0 Å². The summed E-state index contributed by atoms with van der Waals surface area (Å²) in [6.07, 6.45) is -22.3. The molecule has 13 N–H and O–H groups in total. The second-order valence-electron chi connectivity index (χ2n) is 23.1. The van der Waals surface area contributed by atoms with Gasteiger partial charge in [-0.1, -0.05) is 53.2 Å². The number of hydrogen-bond acceptors (Lipinski definition) is 20. The first-order valence-corrected chi connectivity index (χ1v) is 24.6. The average Bonchev–Trinajstić information content (AvgIpc) is 3.29. The number of rotatable bonds is 9. The maximum absolute atomic E-state index is 15.0. The van der Waals surface area contributed by atoms with E-state index >= 15 is 4.79 Å². The summed E-state index contributed by atoms with van der Waals surface area (Å²) in [5.41, 5.74) is -2.84. The molecule has 8 rings (SSSR count). The Balaban J connectivity index is 0.994. The van der Waals surface area contributed by atoms with Gasteiger partial charge in [0.2, 0.25) is 6.29 Å². The molecule has 8 aliphatic rings. The molecule has 0 aromatic heterocycles. The van der Waals surface area contributed by atoms with E-state index in [0.717, 1.165) is 5.57 Å². The Hall–Kier alpha value is -1.51. The molecule has 28 atom stereocenters. The number of ether oxygens (including phenoxy) is 6. The van der Waals surface area contributed by atoms with E-state index in [1.807, 2.05) is 0 Å². The van der Waals surface area contributed by atoms with Gasteiger partial charge in [-0.25, -0.2) is 0 Å². The molecule has 3 heterocycles. The third kappa shape index (κ3) is 7.89. The van der Waals surface area contributed by atoms with Crippen LogP contribution in [0, 0.1) is 56.7 Å². The van der Waals surface area contributed by atoms with Gasteiger partial charge in [0.25, 0.3) is 0 Å². The Morgan fingerprint density at radius 2 is 1.34 bits per heavy atom. The van der Waals surface area contributed by atoms with Crippen molar-refractivity contribution in [1.82, 2.24) is 0 Å². The predicted octanol–water partition coefficient (Wildman–Crippen LogP) is -2.06. The number of esters is 1. The number of aliphatic hydroxyl groups excluding tert-OH is 13. The Bertz CT molecular complexity index is 1860. The van der Waals surface area contributed by atoms with Crippen molar-refractivity contribution in [2.45, 2.75) is 204 Å². The van der Waals surface area contributed by atoms with Crippen molar-refractivity contribution in [3.8, 4) is 0 Å². The molecule has 0 aromatic rings. The lowest BCUT2D eigenvalue weighted by Gasteiger charge is -2.72. The van der Waals surface area contributed by atoms with Crippen molar-refractivity contribution in [2.24, 2.45) is 56.7 Å². The minimum absolute atomic E-state index is 0.0115. The summed E-state index contributed by atoms with van der Waals surface area (Å²) in [4.78, 5) is 15.0. The minimum atomic E-state index is -1.89. The van der Waals surface area contributed by atoms with E-state index in [9.17, 15) is 66.4 Å². The van der Waals surface area contributed by atoms with Crippen LogP contribution in [-0.2, 0) is 33.2 Å². The van der Waals surface area contributed by atoms with Gasteiger partial charge >= 0.3 is 5.97 Å². The Labute approximate surface area is 396 Å². The molecular weight excluding hydrogens is 897 g/mol. The maximum atomic E-state index is 15.0. The zero-order valence-electron chi connectivity index (χ0n) is 40.1. The van der Waals surface area contributed by atoms with Crippen molar-refractivity contribution < 1.29 is 99.6 Å². The lowest BCUT2D eigenvalue weighted by molar-refractivity contribution is -0.361. The highest BCUT2D eigenvalue weighted by Crippen LogP contribution is 2.76. The molecule has 0 spiro atoms. The van der Waals surface area contributed by atoms with Gasteiger partial charge in [0, 0.05) is 11.3 Å². The first-order valence-electron chi connectivity index (χ1n) is 24.6. The Kier molecular flexibility index (Phi) is 14.6. The van der Waals surface area contributed by atoms with Gasteiger partial charge < -0.3 is 94.8 Å². The molecule has 68 heavy (non-hydrogen) atoms. The molecule has 390 valence electrons. The summed E-state index contributed by atoms with van der Waals surface area (Å²) >= 11 is 0. The SMILES string of the molecule is CC1CCC2(C(=O)OC3OC(COC4OC(CO)C(OC5OC(C)C(O)C(O)C5O)C(O)C4O)C(O)C(O)C3O)CCC3(C)C(=CCC4C5(C)CC(O)C(O)C(C)(CO)C5C(O)CC43C)C2C1C. The summed E-state index contributed by atoms with van der Waals surface area (Å²) in [7, 11) is 0. The van der Waals surface area contributed by atoms with Gasteiger partial charge in [-0.3, -0.25) is 4.79 Å². The summed E-state index contributed by atoms with van der Waals surface area (Å²) in [5, 5.41) is 142. The highest BCUT2D eigenvalue weighted by molar-refractivity contribution is 5.79. The molecule has 0 bridgehead atoms. The number of carbonyl (C=O) groups is 1. The molecule has 28 unspecified atom stereocenters.